The second-order valence-corrected chi connectivity index (χ2v) is 6.12. The lowest BCUT2D eigenvalue weighted by Gasteiger charge is -2.18. The van der Waals surface area contributed by atoms with Gasteiger partial charge in [-0.3, -0.25) is 4.98 Å². The van der Waals surface area contributed by atoms with Crippen molar-refractivity contribution in [1.29, 1.82) is 0 Å². The molecule has 0 aliphatic carbocycles. The van der Waals surface area contributed by atoms with Crippen LogP contribution in [0.5, 0.6) is 0 Å². The van der Waals surface area contributed by atoms with Gasteiger partial charge in [-0.25, -0.2) is 14.5 Å². The molecule has 0 atom stereocenters. The van der Waals surface area contributed by atoms with Crippen LogP contribution in [0.2, 0.25) is 0 Å². The maximum Gasteiger partial charge on any atom is 0.337 e. The molecule has 0 amide bonds. The van der Waals surface area contributed by atoms with E-state index in [0.29, 0.717) is 17.9 Å². The van der Waals surface area contributed by atoms with Crippen molar-refractivity contribution in [3.63, 3.8) is 0 Å². The number of hydrogen-bond acceptors (Lipinski definition) is 6. The first kappa shape index (κ1) is 17.6. The molecule has 0 N–H and O–H groups in total. The van der Waals surface area contributed by atoms with Gasteiger partial charge in [-0.2, -0.15) is 5.10 Å². The number of nitrogens with zero attached hydrogens (tertiary/aromatic N) is 5. The zero-order valence-electron chi connectivity index (χ0n) is 15.3. The minimum absolute atomic E-state index is 0.339. The van der Waals surface area contributed by atoms with Gasteiger partial charge in [0.2, 0.25) is 0 Å². The highest BCUT2D eigenvalue weighted by Gasteiger charge is 2.10. The molecular formula is C19H21N5O2. The van der Waals surface area contributed by atoms with E-state index in [1.165, 1.54) is 7.11 Å². The van der Waals surface area contributed by atoms with Crippen LogP contribution in [0.1, 0.15) is 27.3 Å². The van der Waals surface area contributed by atoms with Gasteiger partial charge in [0.1, 0.15) is 5.82 Å². The number of hydrogen-bond donors (Lipinski definition) is 0. The van der Waals surface area contributed by atoms with Crippen LogP contribution in [-0.2, 0) is 11.3 Å². The van der Waals surface area contributed by atoms with Crippen molar-refractivity contribution in [2.75, 3.05) is 19.1 Å². The standard InChI is InChI=1S/C19H21N5O2/c1-13-9-14(2)24(22-13)18-11-20-10-17(21-18)23(3)12-15-5-7-16(8-6-15)19(25)26-4/h5-11H,12H2,1-4H3. The molecule has 0 aliphatic heterocycles. The zero-order chi connectivity index (χ0) is 18.7. The van der Waals surface area contributed by atoms with Crippen LogP contribution < -0.4 is 4.90 Å². The topological polar surface area (TPSA) is 73.1 Å². The van der Waals surface area contributed by atoms with E-state index in [2.05, 4.69) is 15.1 Å². The minimum atomic E-state index is -0.339. The Labute approximate surface area is 152 Å². The van der Waals surface area contributed by atoms with E-state index in [1.807, 2.05) is 44.0 Å². The molecule has 0 radical (unpaired) electrons. The molecule has 3 aromatic rings. The highest BCUT2D eigenvalue weighted by molar-refractivity contribution is 5.89. The molecule has 0 saturated carbocycles. The predicted octanol–water partition coefficient (Wildman–Crippen LogP) is 2.70. The Morgan fingerprint density at radius 2 is 1.92 bits per heavy atom. The summed E-state index contributed by atoms with van der Waals surface area (Å²) in [6, 6.07) is 9.32. The van der Waals surface area contributed by atoms with Crippen LogP contribution in [0, 0.1) is 13.8 Å². The van der Waals surface area contributed by atoms with Gasteiger partial charge in [0.05, 0.1) is 30.8 Å². The number of aryl methyl sites for hydroxylation is 2. The van der Waals surface area contributed by atoms with Gasteiger partial charge in [0, 0.05) is 19.3 Å². The Hall–Kier alpha value is -3.22. The molecular weight excluding hydrogens is 330 g/mol. The summed E-state index contributed by atoms with van der Waals surface area (Å²) >= 11 is 0. The first-order valence-electron chi connectivity index (χ1n) is 8.22. The molecule has 2 aromatic heterocycles. The van der Waals surface area contributed by atoms with Crippen molar-refractivity contribution in [1.82, 2.24) is 19.7 Å². The van der Waals surface area contributed by atoms with Crippen molar-refractivity contribution < 1.29 is 9.53 Å². The summed E-state index contributed by atoms with van der Waals surface area (Å²) in [5.74, 6) is 1.08. The summed E-state index contributed by atoms with van der Waals surface area (Å²) in [5, 5.41) is 4.45. The monoisotopic (exact) mass is 351 g/mol. The Morgan fingerprint density at radius 1 is 1.19 bits per heavy atom. The summed E-state index contributed by atoms with van der Waals surface area (Å²) in [6.45, 7) is 4.57. The van der Waals surface area contributed by atoms with E-state index < -0.39 is 0 Å². The fourth-order valence-electron chi connectivity index (χ4n) is 2.71. The number of esters is 1. The van der Waals surface area contributed by atoms with Crippen LogP contribution >= 0.6 is 0 Å². The van der Waals surface area contributed by atoms with Crippen molar-refractivity contribution in [2.45, 2.75) is 20.4 Å². The van der Waals surface area contributed by atoms with E-state index in [0.717, 1.165) is 22.8 Å². The normalized spacial score (nSPS) is 10.6. The number of aromatic nitrogens is 4. The quantitative estimate of drug-likeness (QED) is 0.658. The first-order chi connectivity index (χ1) is 12.5. The Kier molecular flexibility index (Phi) is 4.97. The van der Waals surface area contributed by atoms with Crippen LogP contribution in [0.15, 0.2) is 42.7 Å². The van der Waals surface area contributed by atoms with E-state index in [9.17, 15) is 4.79 Å². The van der Waals surface area contributed by atoms with Crippen molar-refractivity contribution in [3.05, 3.63) is 65.2 Å². The number of ether oxygens (including phenoxy) is 1. The van der Waals surface area contributed by atoms with E-state index in [-0.39, 0.29) is 5.97 Å². The van der Waals surface area contributed by atoms with Crippen LogP contribution in [0.3, 0.4) is 0 Å². The Bertz CT molecular complexity index is 918. The van der Waals surface area contributed by atoms with Gasteiger partial charge in [0.25, 0.3) is 0 Å². The Balaban J connectivity index is 1.78. The van der Waals surface area contributed by atoms with Gasteiger partial charge in [-0.1, -0.05) is 12.1 Å². The van der Waals surface area contributed by atoms with E-state index in [1.54, 1.807) is 29.2 Å². The SMILES string of the molecule is COC(=O)c1ccc(CN(C)c2cncc(-n3nc(C)cc3C)n2)cc1. The minimum Gasteiger partial charge on any atom is -0.465 e. The molecule has 0 fully saturated rings. The smallest absolute Gasteiger partial charge is 0.337 e. The molecule has 0 spiro atoms. The lowest BCUT2D eigenvalue weighted by atomic mass is 10.1. The number of benzene rings is 1. The fraction of sp³-hybridized carbons (Fsp3) is 0.263. The molecule has 26 heavy (non-hydrogen) atoms. The van der Waals surface area contributed by atoms with Crippen LogP contribution in [-0.4, -0.2) is 39.9 Å². The molecule has 2 heterocycles. The predicted molar refractivity (Wildman–Crippen MR) is 98.5 cm³/mol. The summed E-state index contributed by atoms with van der Waals surface area (Å²) in [7, 11) is 3.32. The molecule has 1 aromatic carbocycles. The average molecular weight is 351 g/mol. The first-order valence-corrected chi connectivity index (χ1v) is 8.22. The van der Waals surface area contributed by atoms with Gasteiger partial charge < -0.3 is 9.64 Å². The highest BCUT2D eigenvalue weighted by atomic mass is 16.5. The molecule has 7 nitrogen and oxygen atoms in total. The van der Waals surface area contributed by atoms with Gasteiger partial charge in [-0.15, -0.1) is 0 Å². The third-order valence-electron chi connectivity index (χ3n) is 4.02. The molecule has 0 bridgehead atoms. The van der Waals surface area contributed by atoms with Crippen LogP contribution in [0.25, 0.3) is 5.82 Å². The van der Waals surface area contributed by atoms with E-state index in [4.69, 9.17) is 4.74 Å². The third kappa shape index (κ3) is 3.72. The number of anilines is 1. The highest BCUT2D eigenvalue weighted by Crippen LogP contribution is 2.16. The largest absolute Gasteiger partial charge is 0.465 e. The maximum absolute atomic E-state index is 11.5. The second-order valence-electron chi connectivity index (χ2n) is 6.12. The van der Waals surface area contributed by atoms with Crippen molar-refractivity contribution in [3.8, 4) is 5.82 Å². The molecule has 7 heteroatoms. The number of carbonyl (C=O) groups excluding carboxylic acids is 1. The molecule has 0 unspecified atom stereocenters. The van der Waals surface area contributed by atoms with E-state index >= 15 is 0 Å². The number of rotatable bonds is 5. The second kappa shape index (κ2) is 7.35. The van der Waals surface area contributed by atoms with Crippen molar-refractivity contribution in [2.24, 2.45) is 0 Å². The molecule has 134 valence electrons. The third-order valence-corrected chi connectivity index (χ3v) is 4.02. The van der Waals surface area contributed by atoms with Crippen LogP contribution in [0.4, 0.5) is 5.82 Å². The summed E-state index contributed by atoms with van der Waals surface area (Å²) in [5.41, 5.74) is 3.53. The summed E-state index contributed by atoms with van der Waals surface area (Å²) in [4.78, 5) is 22.5. The number of carbonyl (C=O) groups is 1. The van der Waals surface area contributed by atoms with Gasteiger partial charge >= 0.3 is 5.97 Å². The van der Waals surface area contributed by atoms with Gasteiger partial charge in [0.15, 0.2) is 5.82 Å². The Morgan fingerprint density at radius 3 is 2.54 bits per heavy atom. The summed E-state index contributed by atoms with van der Waals surface area (Å²) in [6.07, 6.45) is 3.42. The van der Waals surface area contributed by atoms with Crippen molar-refractivity contribution >= 4 is 11.8 Å². The fourth-order valence-corrected chi connectivity index (χ4v) is 2.71. The molecule has 3 rings (SSSR count). The lowest BCUT2D eigenvalue weighted by Crippen LogP contribution is -2.19. The lowest BCUT2D eigenvalue weighted by molar-refractivity contribution is 0.0600. The maximum atomic E-state index is 11.5. The molecule has 0 saturated heterocycles. The summed E-state index contributed by atoms with van der Waals surface area (Å²) < 4.78 is 6.50. The zero-order valence-corrected chi connectivity index (χ0v) is 15.3. The molecule has 0 aliphatic rings. The average Bonchev–Trinajstić information content (AvgIpc) is 3.00. The number of methoxy groups -OCH3 is 1. The van der Waals surface area contributed by atoms with Gasteiger partial charge in [-0.05, 0) is 37.6 Å².